The van der Waals surface area contributed by atoms with Crippen molar-refractivity contribution in [3.63, 3.8) is 0 Å². The third-order valence-corrected chi connectivity index (χ3v) is 4.14. The average Bonchev–Trinajstić information content (AvgIpc) is 3.13. The molecular weight excluding hydrogens is 322 g/mol. The molecule has 0 saturated carbocycles. The summed E-state index contributed by atoms with van der Waals surface area (Å²) in [6.07, 6.45) is 3.42. The summed E-state index contributed by atoms with van der Waals surface area (Å²) in [7, 11) is 0. The highest BCUT2D eigenvalue weighted by molar-refractivity contribution is 7.09. The maximum atomic E-state index is 12.2. The smallest absolute Gasteiger partial charge is 0.251 e. The quantitative estimate of drug-likeness (QED) is 0.748. The van der Waals surface area contributed by atoms with E-state index in [0.717, 1.165) is 16.3 Å². The molecule has 0 fully saturated rings. The van der Waals surface area contributed by atoms with E-state index in [0.29, 0.717) is 24.5 Å². The number of pyridine rings is 1. The Hall–Kier alpha value is -2.73. The standard InChI is InChI=1S/C18H17N3O2S/c1-13-5-6-16(10-20-13)23-12-14-3-2-4-15(9-14)18(22)21-11-17-19-7-8-24-17/h2-10H,11-12H2,1H3,(H,21,22). The number of amides is 1. The maximum Gasteiger partial charge on any atom is 0.251 e. The van der Waals surface area contributed by atoms with Gasteiger partial charge < -0.3 is 10.1 Å². The number of aryl methyl sites for hydroxylation is 1. The molecule has 0 aliphatic heterocycles. The molecule has 6 heteroatoms. The van der Waals surface area contributed by atoms with Gasteiger partial charge >= 0.3 is 0 Å². The molecule has 2 heterocycles. The number of carbonyl (C=O) groups excluding carboxylic acids is 1. The third kappa shape index (κ3) is 4.39. The number of ether oxygens (including phenoxy) is 1. The van der Waals surface area contributed by atoms with E-state index in [-0.39, 0.29) is 5.91 Å². The molecule has 0 radical (unpaired) electrons. The van der Waals surface area contributed by atoms with Crippen molar-refractivity contribution in [3.8, 4) is 5.75 Å². The van der Waals surface area contributed by atoms with E-state index in [2.05, 4.69) is 15.3 Å². The first-order chi connectivity index (χ1) is 11.7. The molecular formula is C18H17N3O2S. The molecule has 5 nitrogen and oxygen atoms in total. The monoisotopic (exact) mass is 339 g/mol. The number of aromatic nitrogens is 2. The molecule has 3 aromatic rings. The van der Waals surface area contributed by atoms with Crippen LogP contribution in [0.15, 0.2) is 54.2 Å². The summed E-state index contributed by atoms with van der Waals surface area (Å²) in [4.78, 5) is 20.6. The molecule has 0 unspecified atom stereocenters. The van der Waals surface area contributed by atoms with Crippen molar-refractivity contribution in [2.45, 2.75) is 20.1 Å². The fourth-order valence-electron chi connectivity index (χ4n) is 2.11. The molecule has 3 rings (SSSR count). The number of benzene rings is 1. The van der Waals surface area contributed by atoms with Crippen LogP contribution < -0.4 is 10.1 Å². The van der Waals surface area contributed by atoms with Crippen LogP contribution >= 0.6 is 11.3 Å². The van der Waals surface area contributed by atoms with Gasteiger partial charge in [-0.05, 0) is 36.8 Å². The summed E-state index contributed by atoms with van der Waals surface area (Å²) in [5, 5.41) is 5.64. The van der Waals surface area contributed by atoms with Crippen LogP contribution in [0.4, 0.5) is 0 Å². The molecule has 0 aliphatic carbocycles. The van der Waals surface area contributed by atoms with Crippen LogP contribution in [0.25, 0.3) is 0 Å². The summed E-state index contributed by atoms with van der Waals surface area (Å²) in [5.74, 6) is 0.586. The SMILES string of the molecule is Cc1ccc(OCc2cccc(C(=O)NCc3nccs3)c2)cn1. The number of nitrogens with zero attached hydrogens (tertiary/aromatic N) is 2. The molecule has 24 heavy (non-hydrogen) atoms. The summed E-state index contributed by atoms with van der Waals surface area (Å²) in [6.45, 7) is 2.75. The van der Waals surface area contributed by atoms with E-state index >= 15 is 0 Å². The van der Waals surface area contributed by atoms with Crippen molar-refractivity contribution >= 4 is 17.2 Å². The van der Waals surface area contributed by atoms with Gasteiger partial charge in [-0.1, -0.05) is 12.1 Å². The summed E-state index contributed by atoms with van der Waals surface area (Å²) in [5.41, 5.74) is 2.48. The zero-order valence-corrected chi connectivity index (χ0v) is 14.0. The summed E-state index contributed by atoms with van der Waals surface area (Å²) >= 11 is 1.52. The minimum atomic E-state index is -0.121. The van der Waals surface area contributed by atoms with Gasteiger partial charge in [0.1, 0.15) is 17.4 Å². The predicted octanol–water partition coefficient (Wildman–Crippen LogP) is 3.36. The molecule has 0 spiro atoms. The lowest BCUT2D eigenvalue weighted by atomic mass is 10.1. The first kappa shape index (κ1) is 16.1. The molecule has 0 bridgehead atoms. The van der Waals surface area contributed by atoms with Crippen LogP contribution in [0.2, 0.25) is 0 Å². The zero-order chi connectivity index (χ0) is 16.8. The molecule has 0 atom stereocenters. The number of hydrogen-bond donors (Lipinski definition) is 1. The van der Waals surface area contributed by atoms with E-state index in [1.54, 1.807) is 18.5 Å². The molecule has 1 aromatic carbocycles. The Morgan fingerprint density at radius 1 is 1.25 bits per heavy atom. The van der Waals surface area contributed by atoms with E-state index in [1.807, 2.05) is 42.6 Å². The predicted molar refractivity (Wildman–Crippen MR) is 93.0 cm³/mol. The van der Waals surface area contributed by atoms with Gasteiger partial charge in [0, 0.05) is 22.8 Å². The van der Waals surface area contributed by atoms with E-state index < -0.39 is 0 Å². The Morgan fingerprint density at radius 2 is 2.17 bits per heavy atom. The number of nitrogens with one attached hydrogen (secondary N) is 1. The van der Waals surface area contributed by atoms with Crippen LogP contribution in [0.5, 0.6) is 5.75 Å². The van der Waals surface area contributed by atoms with Crippen molar-refractivity contribution in [3.05, 3.63) is 76.0 Å². The minimum absolute atomic E-state index is 0.121. The normalized spacial score (nSPS) is 10.4. The van der Waals surface area contributed by atoms with E-state index in [9.17, 15) is 4.79 Å². The molecule has 2 aromatic heterocycles. The maximum absolute atomic E-state index is 12.2. The topological polar surface area (TPSA) is 64.1 Å². The van der Waals surface area contributed by atoms with Gasteiger partial charge in [-0.15, -0.1) is 11.3 Å². The Morgan fingerprint density at radius 3 is 2.92 bits per heavy atom. The second kappa shape index (κ2) is 7.70. The van der Waals surface area contributed by atoms with Gasteiger partial charge in [0.2, 0.25) is 0 Å². The van der Waals surface area contributed by atoms with Crippen LogP contribution in [-0.4, -0.2) is 15.9 Å². The Balaban J connectivity index is 1.58. The fraction of sp³-hybridized carbons (Fsp3) is 0.167. The lowest BCUT2D eigenvalue weighted by Gasteiger charge is -2.08. The number of thiazole rings is 1. The first-order valence-corrected chi connectivity index (χ1v) is 8.39. The summed E-state index contributed by atoms with van der Waals surface area (Å²) < 4.78 is 5.70. The van der Waals surface area contributed by atoms with Crippen molar-refractivity contribution in [2.75, 3.05) is 0 Å². The molecule has 1 amide bonds. The molecule has 1 N–H and O–H groups in total. The van der Waals surface area contributed by atoms with Crippen LogP contribution in [0.1, 0.15) is 26.6 Å². The number of carbonyl (C=O) groups is 1. The average molecular weight is 339 g/mol. The molecule has 0 aliphatic rings. The number of rotatable bonds is 6. The van der Waals surface area contributed by atoms with Crippen molar-refractivity contribution in [2.24, 2.45) is 0 Å². The van der Waals surface area contributed by atoms with Crippen molar-refractivity contribution in [1.29, 1.82) is 0 Å². The largest absolute Gasteiger partial charge is 0.487 e. The fourth-order valence-corrected chi connectivity index (χ4v) is 2.66. The summed E-state index contributed by atoms with van der Waals surface area (Å²) in [6, 6.07) is 11.2. The highest BCUT2D eigenvalue weighted by Crippen LogP contribution is 2.13. The van der Waals surface area contributed by atoms with Gasteiger partial charge in [-0.2, -0.15) is 0 Å². The van der Waals surface area contributed by atoms with Gasteiger partial charge in [0.25, 0.3) is 5.91 Å². The van der Waals surface area contributed by atoms with E-state index in [4.69, 9.17) is 4.74 Å². The van der Waals surface area contributed by atoms with Crippen LogP contribution in [-0.2, 0) is 13.2 Å². The van der Waals surface area contributed by atoms with Crippen molar-refractivity contribution in [1.82, 2.24) is 15.3 Å². The lowest BCUT2D eigenvalue weighted by Crippen LogP contribution is -2.22. The third-order valence-electron chi connectivity index (χ3n) is 3.36. The van der Waals surface area contributed by atoms with Crippen LogP contribution in [0.3, 0.4) is 0 Å². The Bertz CT molecular complexity index is 801. The highest BCUT2D eigenvalue weighted by atomic mass is 32.1. The lowest BCUT2D eigenvalue weighted by molar-refractivity contribution is 0.0950. The number of hydrogen-bond acceptors (Lipinski definition) is 5. The van der Waals surface area contributed by atoms with Gasteiger partial charge in [0.15, 0.2) is 0 Å². The molecule has 0 saturated heterocycles. The molecule has 122 valence electrons. The first-order valence-electron chi connectivity index (χ1n) is 7.52. The zero-order valence-electron chi connectivity index (χ0n) is 13.2. The van der Waals surface area contributed by atoms with Gasteiger partial charge in [0.05, 0.1) is 12.7 Å². The van der Waals surface area contributed by atoms with Gasteiger partial charge in [-0.25, -0.2) is 4.98 Å². The van der Waals surface area contributed by atoms with Crippen molar-refractivity contribution < 1.29 is 9.53 Å². The Kier molecular flexibility index (Phi) is 5.18. The Labute approximate surface area is 144 Å². The minimum Gasteiger partial charge on any atom is -0.487 e. The van der Waals surface area contributed by atoms with E-state index in [1.165, 1.54) is 11.3 Å². The second-order valence-electron chi connectivity index (χ2n) is 5.23. The second-order valence-corrected chi connectivity index (χ2v) is 6.21. The van der Waals surface area contributed by atoms with Crippen LogP contribution in [0, 0.1) is 6.92 Å². The highest BCUT2D eigenvalue weighted by Gasteiger charge is 2.07. The van der Waals surface area contributed by atoms with Gasteiger partial charge in [-0.3, -0.25) is 9.78 Å².